The average molecular weight is 357 g/mol. The van der Waals surface area contributed by atoms with Crippen LogP contribution < -0.4 is 15.4 Å². The van der Waals surface area contributed by atoms with Crippen molar-refractivity contribution >= 4 is 40.7 Å². The summed E-state index contributed by atoms with van der Waals surface area (Å²) in [6, 6.07) is 12.9. The smallest absolute Gasteiger partial charge is 0.269 e. The number of nitrogens with zero attached hydrogens (tertiary/aromatic N) is 1. The number of carbonyl (C=O) groups is 1. The molecule has 2 N–H and O–H groups in total. The number of rotatable bonds is 5. The van der Waals surface area contributed by atoms with Gasteiger partial charge >= 0.3 is 0 Å². The number of carbonyl (C=O) groups excluding carboxylic acids is 1. The molecule has 0 aliphatic rings. The number of amides is 1. The first kappa shape index (κ1) is 18.1. The van der Waals surface area contributed by atoms with Crippen molar-refractivity contribution in [2.75, 3.05) is 12.4 Å². The molecule has 2 rings (SSSR count). The van der Waals surface area contributed by atoms with Crippen molar-refractivity contribution in [3.63, 3.8) is 0 Å². The summed E-state index contributed by atoms with van der Waals surface area (Å²) in [5, 5.41) is 16.1. The molecule has 0 heterocycles. The van der Waals surface area contributed by atoms with Crippen molar-refractivity contribution in [1.29, 1.82) is 0 Å². The monoisotopic (exact) mass is 357 g/mol. The Morgan fingerprint density at radius 2 is 1.80 bits per heavy atom. The minimum absolute atomic E-state index is 0.00790. The van der Waals surface area contributed by atoms with Crippen LogP contribution in [-0.2, 0) is 4.79 Å². The summed E-state index contributed by atoms with van der Waals surface area (Å²) in [4.78, 5) is 21.9. The van der Waals surface area contributed by atoms with Crippen molar-refractivity contribution in [3.05, 3.63) is 70.3 Å². The Morgan fingerprint density at radius 3 is 2.36 bits per heavy atom. The van der Waals surface area contributed by atoms with Crippen LogP contribution in [0, 0.1) is 10.1 Å². The van der Waals surface area contributed by atoms with Gasteiger partial charge in [0.2, 0.25) is 5.91 Å². The van der Waals surface area contributed by atoms with E-state index in [0.717, 1.165) is 0 Å². The Balaban J connectivity index is 1.87. The lowest BCUT2D eigenvalue weighted by Crippen LogP contribution is -2.32. The van der Waals surface area contributed by atoms with Gasteiger partial charge in [0.1, 0.15) is 5.75 Å². The highest BCUT2D eigenvalue weighted by molar-refractivity contribution is 7.80. The molecular formula is C17H15N3O4S. The van der Waals surface area contributed by atoms with E-state index in [-0.39, 0.29) is 10.8 Å². The first-order valence-corrected chi connectivity index (χ1v) is 7.57. The zero-order chi connectivity index (χ0) is 18.2. The largest absolute Gasteiger partial charge is 0.497 e. The molecule has 8 heteroatoms. The number of nitro benzene ring substituents is 1. The van der Waals surface area contributed by atoms with Crippen LogP contribution in [-0.4, -0.2) is 23.1 Å². The van der Waals surface area contributed by atoms with Gasteiger partial charge in [-0.05, 0) is 60.3 Å². The third-order valence-electron chi connectivity index (χ3n) is 3.12. The van der Waals surface area contributed by atoms with Gasteiger partial charge < -0.3 is 10.1 Å². The van der Waals surface area contributed by atoms with Crippen LogP contribution in [0.15, 0.2) is 54.6 Å². The zero-order valence-electron chi connectivity index (χ0n) is 13.3. The normalized spacial score (nSPS) is 10.3. The van der Waals surface area contributed by atoms with Gasteiger partial charge in [-0.25, -0.2) is 0 Å². The molecule has 0 saturated carbocycles. The van der Waals surface area contributed by atoms with Crippen molar-refractivity contribution in [2.24, 2.45) is 0 Å². The number of thiocarbonyl (C=S) groups is 1. The van der Waals surface area contributed by atoms with Crippen LogP contribution in [0.5, 0.6) is 5.75 Å². The summed E-state index contributed by atoms with van der Waals surface area (Å²) in [7, 11) is 1.57. The van der Waals surface area contributed by atoms with Gasteiger partial charge in [-0.1, -0.05) is 0 Å². The molecule has 0 saturated heterocycles. The van der Waals surface area contributed by atoms with Crippen LogP contribution in [0.4, 0.5) is 11.4 Å². The molecule has 7 nitrogen and oxygen atoms in total. The summed E-state index contributed by atoms with van der Waals surface area (Å²) >= 11 is 5.07. The highest BCUT2D eigenvalue weighted by Gasteiger charge is 2.04. The van der Waals surface area contributed by atoms with Crippen LogP contribution in [0.2, 0.25) is 0 Å². The van der Waals surface area contributed by atoms with E-state index >= 15 is 0 Å². The fraction of sp³-hybridized carbons (Fsp3) is 0.0588. The quantitative estimate of drug-likeness (QED) is 0.370. The Bertz CT molecular complexity index is 802. The average Bonchev–Trinajstić information content (AvgIpc) is 2.61. The maximum atomic E-state index is 11.8. The molecule has 128 valence electrons. The number of non-ortho nitro benzene ring substituents is 1. The topological polar surface area (TPSA) is 93.5 Å². The standard InChI is InChI=1S/C17H15N3O4S/c1-24-15-9-5-13(6-10-15)18-17(25)19-16(21)11-4-12-2-7-14(8-3-12)20(22)23/h2-11H,1H3,(H2,18,19,21,25)/b11-4+. The highest BCUT2D eigenvalue weighted by atomic mass is 32.1. The van der Waals surface area contributed by atoms with Gasteiger partial charge in [-0.15, -0.1) is 0 Å². The predicted molar refractivity (Wildman–Crippen MR) is 99.5 cm³/mol. The van der Waals surface area contributed by atoms with Crippen molar-refractivity contribution in [1.82, 2.24) is 5.32 Å². The van der Waals surface area contributed by atoms with E-state index in [1.807, 2.05) is 0 Å². The van der Waals surface area contributed by atoms with Crippen LogP contribution in [0.3, 0.4) is 0 Å². The lowest BCUT2D eigenvalue weighted by atomic mass is 10.2. The Morgan fingerprint density at radius 1 is 1.16 bits per heavy atom. The second-order valence-electron chi connectivity index (χ2n) is 4.85. The number of ether oxygens (including phenoxy) is 1. The van der Waals surface area contributed by atoms with E-state index in [1.54, 1.807) is 43.5 Å². The van der Waals surface area contributed by atoms with Gasteiger partial charge in [0.05, 0.1) is 12.0 Å². The van der Waals surface area contributed by atoms with Gasteiger partial charge in [0.25, 0.3) is 5.69 Å². The number of nitro groups is 1. The van der Waals surface area contributed by atoms with E-state index in [9.17, 15) is 14.9 Å². The molecule has 0 aromatic heterocycles. The first-order valence-electron chi connectivity index (χ1n) is 7.16. The summed E-state index contributed by atoms with van der Waals surface area (Å²) in [6.45, 7) is 0. The minimum Gasteiger partial charge on any atom is -0.497 e. The van der Waals surface area contributed by atoms with Gasteiger partial charge in [0.15, 0.2) is 5.11 Å². The maximum Gasteiger partial charge on any atom is 0.269 e. The summed E-state index contributed by atoms with van der Waals surface area (Å²) in [5.41, 5.74) is 1.37. The summed E-state index contributed by atoms with van der Waals surface area (Å²) in [5.74, 6) is 0.302. The van der Waals surface area contributed by atoms with E-state index in [0.29, 0.717) is 17.0 Å². The molecule has 1 amide bonds. The molecular weight excluding hydrogens is 342 g/mol. The number of methoxy groups -OCH3 is 1. The number of anilines is 1. The number of nitrogens with one attached hydrogen (secondary N) is 2. The second-order valence-corrected chi connectivity index (χ2v) is 5.26. The predicted octanol–water partition coefficient (Wildman–Crippen LogP) is 3.13. The number of hydrogen-bond acceptors (Lipinski definition) is 5. The maximum absolute atomic E-state index is 11.8. The molecule has 0 spiro atoms. The van der Waals surface area contributed by atoms with E-state index < -0.39 is 10.8 Å². The van der Waals surface area contributed by atoms with Gasteiger partial charge in [-0.3, -0.25) is 20.2 Å². The van der Waals surface area contributed by atoms with E-state index in [4.69, 9.17) is 17.0 Å². The van der Waals surface area contributed by atoms with Crippen LogP contribution in [0.25, 0.3) is 6.08 Å². The molecule has 0 radical (unpaired) electrons. The molecule has 0 aliphatic carbocycles. The highest BCUT2D eigenvalue weighted by Crippen LogP contribution is 2.15. The van der Waals surface area contributed by atoms with Crippen molar-refractivity contribution in [3.8, 4) is 5.75 Å². The first-order chi connectivity index (χ1) is 12.0. The SMILES string of the molecule is COc1ccc(NC(=S)NC(=O)/C=C/c2ccc([N+](=O)[O-])cc2)cc1. The number of benzene rings is 2. The van der Waals surface area contributed by atoms with Crippen molar-refractivity contribution < 1.29 is 14.5 Å². The Labute approximate surface area is 149 Å². The fourth-order valence-electron chi connectivity index (χ4n) is 1.87. The van der Waals surface area contributed by atoms with Crippen LogP contribution >= 0.6 is 12.2 Å². The molecule has 0 atom stereocenters. The minimum atomic E-state index is -0.483. The van der Waals surface area contributed by atoms with Gasteiger partial charge in [-0.2, -0.15) is 0 Å². The molecule has 0 aliphatic heterocycles. The zero-order valence-corrected chi connectivity index (χ0v) is 14.1. The number of hydrogen-bond donors (Lipinski definition) is 2. The Kier molecular flexibility index (Phi) is 6.19. The summed E-state index contributed by atoms with van der Waals surface area (Å²) in [6.07, 6.45) is 2.83. The lowest BCUT2D eigenvalue weighted by Gasteiger charge is -2.08. The summed E-state index contributed by atoms with van der Waals surface area (Å²) < 4.78 is 5.06. The van der Waals surface area contributed by atoms with E-state index in [1.165, 1.54) is 24.3 Å². The third-order valence-corrected chi connectivity index (χ3v) is 3.32. The van der Waals surface area contributed by atoms with Crippen molar-refractivity contribution in [2.45, 2.75) is 0 Å². The molecule has 2 aromatic carbocycles. The fourth-order valence-corrected chi connectivity index (χ4v) is 2.09. The Hall–Kier alpha value is -3.26. The second kappa shape index (κ2) is 8.55. The lowest BCUT2D eigenvalue weighted by molar-refractivity contribution is -0.384. The molecule has 0 bridgehead atoms. The van der Waals surface area contributed by atoms with Gasteiger partial charge in [0, 0.05) is 23.9 Å². The molecule has 0 fully saturated rings. The third kappa shape index (κ3) is 5.70. The molecule has 2 aromatic rings. The van der Waals surface area contributed by atoms with E-state index in [2.05, 4.69) is 10.6 Å². The molecule has 25 heavy (non-hydrogen) atoms. The molecule has 0 unspecified atom stereocenters. The van der Waals surface area contributed by atoms with Crippen LogP contribution in [0.1, 0.15) is 5.56 Å².